The van der Waals surface area contributed by atoms with E-state index in [1.807, 2.05) is 69.2 Å². The Morgan fingerprint density at radius 3 is 0.985 bits per heavy atom. The van der Waals surface area contributed by atoms with E-state index in [1.54, 1.807) is 0 Å². The minimum absolute atomic E-state index is 0. The maximum absolute atomic E-state index is 12.1. The first-order chi connectivity index (χ1) is 27.1. The van der Waals surface area contributed by atoms with Crippen molar-refractivity contribution < 1.29 is 38.1 Å². The second-order valence-electron chi connectivity index (χ2n) is 20.2. The van der Waals surface area contributed by atoms with Crippen molar-refractivity contribution in [1.82, 2.24) is 0 Å². The standard InChI is InChI=1S/C14H26O2.C13H24O2.C12H22O2.C11H20O2.8CH4/c1-5-13(3,4)12(15)16-14(6-2)10-8-7-9-11-14;1-5-12(2,3)11(14)15-13(4)9-7-6-8-10-13;1-4-10(3)11(13)14-12(5-2)8-6-7-9-12;1-4-9(2)10(12)13-11(3)7-5-6-8-11;;;;;;;;/h5-11H2,1-4H3;5-10H2,1-4H3;10H,4-9H2,1-3H3;9H,4-8H2,1-3H3;8*1H4. The summed E-state index contributed by atoms with van der Waals surface area (Å²) in [6.45, 7) is 28.3. The van der Waals surface area contributed by atoms with Crippen LogP contribution < -0.4 is 0 Å². The Morgan fingerprint density at radius 2 is 0.667 bits per heavy atom. The van der Waals surface area contributed by atoms with Crippen molar-refractivity contribution in [3.63, 3.8) is 0 Å². The summed E-state index contributed by atoms with van der Waals surface area (Å²) in [5.41, 5.74) is -1.27. The third-order valence-electron chi connectivity index (χ3n) is 14.4. The van der Waals surface area contributed by atoms with Crippen LogP contribution in [0.5, 0.6) is 0 Å². The summed E-state index contributed by atoms with van der Waals surface area (Å²) in [4.78, 5) is 47.2. The molecule has 0 aromatic carbocycles. The number of ether oxygens (including phenoxy) is 4. The highest BCUT2D eigenvalue weighted by Gasteiger charge is 2.40. The molecule has 4 rings (SSSR count). The van der Waals surface area contributed by atoms with Gasteiger partial charge < -0.3 is 18.9 Å². The van der Waals surface area contributed by atoms with Crippen LogP contribution >= 0.6 is 0 Å². The quantitative estimate of drug-likeness (QED) is 0.125. The molecule has 8 heteroatoms. The summed E-state index contributed by atoms with van der Waals surface area (Å²) in [5.74, 6) is 0.0350. The normalized spacial score (nSPS) is 18.9. The molecule has 4 aliphatic carbocycles. The van der Waals surface area contributed by atoms with Crippen molar-refractivity contribution in [2.45, 2.75) is 333 Å². The number of esters is 4. The SMILES string of the molecule is C.C.C.C.C.C.C.C.CCC(C)(C)C(=O)OC1(C)CCCCC1.CCC(C)C(=O)OC1(C)CCCC1.CCC(C)C(=O)OC1(CC)CCCC1.CCC1(OC(=O)C(C)(C)CC)CCCCC1. The first kappa shape index (κ1) is 80.9. The van der Waals surface area contributed by atoms with E-state index in [9.17, 15) is 19.2 Å². The number of hydrogen-bond acceptors (Lipinski definition) is 8. The van der Waals surface area contributed by atoms with E-state index in [-0.39, 0.29) is 128 Å². The third kappa shape index (κ3) is 27.2. The molecule has 0 aromatic rings. The summed E-state index contributed by atoms with van der Waals surface area (Å²) in [6.07, 6.45) is 25.9. The highest BCUT2D eigenvalue weighted by molar-refractivity contribution is 5.77. The van der Waals surface area contributed by atoms with Gasteiger partial charge in [-0.25, -0.2) is 0 Å². The monoisotopic (exact) mass is 949 g/mol. The van der Waals surface area contributed by atoms with Crippen LogP contribution in [0, 0.1) is 22.7 Å². The molecule has 0 aliphatic heterocycles. The van der Waals surface area contributed by atoms with Crippen molar-refractivity contribution in [3.05, 3.63) is 0 Å². The molecule has 2 unspecified atom stereocenters. The van der Waals surface area contributed by atoms with Crippen LogP contribution in [-0.2, 0) is 38.1 Å². The van der Waals surface area contributed by atoms with Crippen LogP contribution in [0.3, 0.4) is 0 Å². The van der Waals surface area contributed by atoms with Gasteiger partial charge >= 0.3 is 23.9 Å². The Morgan fingerprint density at radius 1 is 0.409 bits per heavy atom. The zero-order chi connectivity index (χ0) is 44.3. The largest absolute Gasteiger partial charge is 0.459 e. The highest BCUT2D eigenvalue weighted by atomic mass is 16.6. The Bertz CT molecular complexity index is 1210. The second kappa shape index (κ2) is 37.7. The van der Waals surface area contributed by atoms with E-state index in [0.717, 1.165) is 89.9 Å². The summed E-state index contributed by atoms with van der Waals surface area (Å²) < 4.78 is 22.7. The Balaban J connectivity index is -0.000000109. The number of carbonyl (C=O) groups excluding carboxylic acids is 4. The number of rotatable bonds is 14. The first-order valence-corrected chi connectivity index (χ1v) is 24.0. The van der Waals surface area contributed by atoms with Crippen molar-refractivity contribution >= 4 is 23.9 Å². The van der Waals surface area contributed by atoms with Gasteiger partial charge in [0.15, 0.2) is 0 Å². The molecule has 0 aromatic heterocycles. The van der Waals surface area contributed by atoms with Crippen molar-refractivity contribution in [3.8, 4) is 0 Å². The molecule has 8 nitrogen and oxygen atoms in total. The van der Waals surface area contributed by atoms with Gasteiger partial charge in [0.2, 0.25) is 0 Å². The fraction of sp³-hybridized carbons (Fsp3) is 0.931. The third-order valence-corrected chi connectivity index (χ3v) is 14.4. The minimum Gasteiger partial charge on any atom is -0.459 e. The summed E-state index contributed by atoms with van der Waals surface area (Å²) in [5, 5.41) is 0. The average Bonchev–Trinajstić information content (AvgIpc) is 3.87. The van der Waals surface area contributed by atoms with Crippen molar-refractivity contribution in [2.24, 2.45) is 22.7 Å². The predicted octanol–water partition coefficient (Wildman–Crippen LogP) is 19.1. The van der Waals surface area contributed by atoms with E-state index < -0.39 is 0 Å². The molecule has 0 bridgehead atoms. The van der Waals surface area contributed by atoms with Crippen LogP contribution in [0.1, 0.15) is 310 Å². The smallest absolute Gasteiger partial charge is 0.312 e. The summed E-state index contributed by atoms with van der Waals surface area (Å²) in [6, 6.07) is 0. The molecule has 404 valence electrons. The van der Waals surface area contributed by atoms with Gasteiger partial charge in [-0.1, -0.05) is 128 Å². The molecular weight excluding hydrogens is 825 g/mol. The lowest BCUT2D eigenvalue weighted by atomic mass is 9.82. The fourth-order valence-corrected chi connectivity index (χ4v) is 7.87. The van der Waals surface area contributed by atoms with Gasteiger partial charge in [0.05, 0.1) is 22.7 Å². The molecule has 4 aliphatic rings. The topological polar surface area (TPSA) is 105 Å². The fourth-order valence-electron chi connectivity index (χ4n) is 7.87. The number of hydrogen-bond donors (Lipinski definition) is 0. The van der Waals surface area contributed by atoms with Gasteiger partial charge in [-0.05, 0) is 183 Å². The Hall–Kier alpha value is -2.12. The zero-order valence-electron chi connectivity index (χ0n) is 40.4. The lowest BCUT2D eigenvalue weighted by Crippen LogP contribution is -2.40. The lowest BCUT2D eigenvalue weighted by Gasteiger charge is -2.38. The van der Waals surface area contributed by atoms with Crippen molar-refractivity contribution in [2.75, 3.05) is 0 Å². The maximum Gasteiger partial charge on any atom is 0.312 e. The molecule has 2 atom stereocenters. The van der Waals surface area contributed by atoms with E-state index >= 15 is 0 Å². The molecule has 0 radical (unpaired) electrons. The van der Waals surface area contributed by atoms with E-state index in [4.69, 9.17) is 18.9 Å². The van der Waals surface area contributed by atoms with Gasteiger partial charge in [0.25, 0.3) is 0 Å². The summed E-state index contributed by atoms with van der Waals surface area (Å²) in [7, 11) is 0. The van der Waals surface area contributed by atoms with Crippen LogP contribution in [0.25, 0.3) is 0 Å². The van der Waals surface area contributed by atoms with E-state index in [0.29, 0.717) is 0 Å². The molecule has 4 fully saturated rings. The van der Waals surface area contributed by atoms with Gasteiger partial charge in [-0.3, -0.25) is 19.2 Å². The highest BCUT2D eigenvalue weighted by Crippen LogP contribution is 2.39. The molecule has 0 spiro atoms. The van der Waals surface area contributed by atoms with Crippen LogP contribution in [0.4, 0.5) is 0 Å². The molecule has 0 saturated heterocycles. The predicted molar refractivity (Wildman–Crippen MR) is 291 cm³/mol. The first-order valence-electron chi connectivity index (χ1n) is 24.0. The van der Waals surface area contributed by atoms with E-state index in [1.165, 1.54) is 64.2 Å². The van der Waals surface area contributed by atoms with Gasteiger partial charge in [-0.2, -0.15) is 0 Å². The zero-order valence-corrected chi connectivity index (χ0v) is 40.4. The molecule has 4 saturated carbocycles. The minimum atomic E-state index is -0.334. The van der Waals surface area contributed by atoms with Gasteiger partial charge in [0, 0.05) is 0 Å². The molecule has 0 heterocycles. The molecule has 0 N–H and O–H groups in total. The number of carbonyl (C=O) groups is 4. The van der Waals surface area contributed by atoms with Gasteiger partial charge in [0.1, 0.15) is 22.4 Å². The molecular formula is C58H124O8. The Labute approximate surface area is 416 Å². The molecule has 66 heavy (non-hydrogen) atoms. The van der Waals surface area contributed by atoms with Gasteiger partial charge in [-0.15, -0.1) is 0 Å². The molecule has 0 amide bonds. The van der Waals surface area contributed by atoms with E-state index in [2.05, 4.69) is 27.7 Å². The van der Waals surface area contributed by atoms with Crippen LogP contribution in [0.15, 0.2) is 0 Å². The van der Waals surface area contributed by atoms with Crippen LogP contribution in [-0.4, -0.2) is 46.3 Å². The maximum atomic E-state index is 12.1. The van der Waals surface area contributed by atoms with Crippen molar-refractivity contribution in [1.29, 1.82) is 0 Å². The lowest BCUT2D eigenvalue weighted by molar-refractivity contribution is -0.175. The van der Waals surface area contributed by atoms with Crippen LogP contribution in [0.2, 0.25) is 0 Å². The Kier molecular flexibility index (Phi) is 46.2. The average molecular weight is 950 g/mol. The second-order valence-corrected chi connectivity index (χ2v) is 20.2. The summed E-state index contributed by atoms with van der Waals surface area (Å²) >= 11 is 0.